The topological polar surface area (TPSA) is 83.6 Å². The molecule has 1 atom stereocenters. The molecule has 2 heterocycles. The third-order valence-corrected chi connectivity index (χ3v) is 5.07. The lowest BCUT2D eigenvalue weighted by atomic mass is 9.91. The molecule has 1 aromatic heterocycles. The van der Waals surface area contributed by atoms with Gasteiger partial charge in [-0.1, -0.05) is 12.1 Å². The summed E-state index contributed by atoms with van der Waals surface area (Å²) >= 11 is 0. The number of carbonyl (C=O) groups is 2. The van der Waals surface area contributed by atoms with Gasteiger partial charge in [-0.05, 0) is 37.3 Å². The van der Waals surface area contributed by atoms with Crippen LogP contribution >= 0.6 is 0 Å². The number of hydrogen-bond acceptors (Lipinski definition) is 4. The molecule has 1 amide bonds. The van der Waals surface area contributed by atoms with E-state index < -0.39 is 5.97 Å². The van der Waals surface area contributed by atoms with Crippen molar-refractivity contribution >= 4 is 22.8 Å². The first-order valence-corrected chi connectivity index (χ1v) is 8.98. The molecule has 1 N–H and O–H groups in total. The molecule has 0 bridgehead atoms. The quantitative estimate of drug-likeness (QED) is 0.849. The minimum absolute atomic E-state index is 0.00382. The maximum Gasteiger partial charge on any atom is 0.303 e. The average Bonchev–Trinajstić information content (AvgIpc) is 3.02. The number of halogens is 1. The molecule has 0 aliphatic carbocycles. The predicted octanol–water partition coefficient (Wildman–Crippen LogP) is 3.56. The number of aliphatic carboxylic acids is 1. The van der Waals surface area contributed by atoms with Crippen molar-refractivity contribution in [1.82, 2.24) is 10.1 Å². The van der Waals surface area contributed by atoms with Gasteiger partial charge in [-0.3, -0.25) is 9.59 Å². The fourth-order valence-corrected chi connectivity index (χ4v) is 3.56. The summed E-state index contributed by atoms with van der Waals surface area (Å²) in [5, 5.41) is 13.7. The van der Waals surface area contributed by atoms with Crippen LogP contribution in [-0.2, 0) is 9.59 Å². The third kappa shape index (κ3) is 4.20. The van der Waals surface area contributed by atoms with Crippen LogP contribution < -0.4 is 0 Å². The van der Waals surface area contributed by atoms with E-state index in [0.29, 0.717) is 31.5 Å². The lowest BCUT2D eigenvalue weighted by Gasteiger charge is -2.31. The zero-order valence-electron chi connectivity index (χ0n) is 14.8. The van der Waals surface area contributed by atoms with Crippen molar-refractivity contribution in [2.24, 2.45) is 5.92 Å². The summed E-state index contributed by atoms with van der Waals surface area (Å²) in [6.45, 7) is 3.14. The lowest BCUT2D eigenvalue weighted by molar-refractivity contribution is -0.138. The molecule has 26 heavy (non-hydrogen) atoms. The van der Waals surface area contributed by atoms with E-state index in [1.165, 1.54) is 12.1 Å². The molecular formula is C19H23FN2O4. The van der Waals surface area contributed by atoms with Crippen LogP contribution in [0.25, 0.3) is 11.0 Å². The maximum atomic E-state index is 13.3. The van der Waals surface area contributed by atoms with E-state index in [1.807, 2.05) is 11.8 Å². The normalized spacial score (nSPS) is 16.8. The molecule has 1 fully saturated rings. The minimum atomic E-state index is -0.828. The molecule has 0 spiro atoms. The summed E-state index contributed by atoms with van der Waals surface area (Å²) < 4.78 is 18.5. The Balaban J connectivity index is 1.53. The van der Waals surface area contributed by atoms with E-state index in [-0.39, 0.29) is 30.0 Å². The number of rotatable bonds is 6. The summed E-state index contributed by atoms with van der Waals surface area (Å²) in [7, 11) is 0. The van der Waals surface area contributed by atoms with Crippen LogP contribution in [0.15, 0.2) is 22.7 Å². The number of hydrogen-bond donors (Lipinski definition) is 1. The largest absolute Gasteiger partial charge is 0.481 e. The minimum Gasteiger partial charge on any atom is -0.481 e. The molecule has 140 valence electrons. The Labute approximate surface area is 150 Å². The van der Waals surface area contributed by atoms with Crippen LogP contribution in [0, 0.1) is 11.7 Å². The lowest BCUT2D eigenvalue weighted by Crippen LogP contribution is -2.38. The molecular weight excluding hydrogens is 339 g/mol. The Morgan fingerprint density at radius 3 is 2.81 bits per heavy atom. The average molecular weight is 362 g/mol. The van der Waals surface area contributed by atoms with Gasteiger partial charge in [0.05, 0.1) is 5.69 Å². The highest BCUT2D eigenvalue weighted by molar-refractivity contribution is 5.80. The van der Waals surface area contributed by atoms with Crippen molar-refractivity contribution in [3.05, 3.63) is 29.7 Å². The molecule has 1 aliphatic rings. The first kappa shape index (κ1) is 18.4. The van der Waals surface area contributed by atoms with Crippen molar-refractivity contribution in [2.75, 3.05) is 13.1 Å². The third-order valence-electron chi connectivity index (χ3n) is 5.07. The van der Waals surface area contributed by atoms with Crippen molar-refractivity contribution in [3.63, 3.8) is 0 Å². The monoisotopic (exact) mass is 362 g/mol. The Morgan fingerprint density at radius 2 is 2.12 bits per heavy atom. The number of fused-ring (bicyclic) bond motifs is 1. The predicted molar refractivity (Wildman–Crippen MR) is 93.2 cm³/mol. The maximum absolute atomic E-state index is 13.3. The first-order valence-electron chi connectivity index (χ1n) is 8.98. The first-order chi connectivity index (χ1) is 12.4. The number of piperidine rings is 1. The van der Waals surface area contributed by atoms with Crippen LogP contribution in [0.5, 0.6) is 0 Å². The van der Waals surface area contributed by atoms with Crippen LogP contribution in [0.4, 0.5) is 4.39 Å². The Hall–Kier alpha value is -2.44. The summed E-state index contributed by atoms with van der Waals surface area (Å²) in [6, 6.07) is 4.43. The van der Waals surface area contributed by atoms with E-state index in [1.54, 1.807) is 6.07 Å². The zero-order valence-corrected chi connectivity index (χ0v) is 14.8. The highest BCUT2D eigenvalue weighted by atomic mass is 19.1. The van der Waals surface area contributed by atoms with Crippen molar-refractivity contribution in [1.29, 1.82) is 0 Å². The van der Waals surface area contributed by atoms with Crippen molar-refractivity contribution < 1.29 is 23.6 Å². The summed E-state index contributed by atoms with van der Waals surface area (Å²) in [5.41, 5.74) is 1.29. The molecule has 0 saturated carbocycles. The van der Waals surface area contributed by atoms with Gasteiger partial charge in [0.15, 0.2) is 5.58 Å². The van der Waals surface area contributed by atoms with E-state index in [2.05, 4.69) is 5.16 Å². The molecule has 1 aromatic carbocycles. The Bertz CT molecular complexity index is 796. The second kappa shape index (κ2) is 7.85. The Kier molecular flexibility index (Phi) is 5.54. The van der Waals surface area contributed by atoms with Gasteiger partial charge in [-0.25, -0.2) is 4.39 Å². The number of nitrogens with zero attached hydrogens (tertiary/aromatic N) is 2. The van der Waals surface area contributed by atoms with Gasteiger partial charge in [0, 0.05) is 43.3 Å². The van der Waals surface area contributed by atoms with Gasteiger partial charge in [0.25, 0.3) is 0 Å². The van der Waals surface area contributed by atoms with Gasteiger partial charge in [-0.15, -0.1) is 0 Å². The number of carbonyl (C=O) groups excluding carboxylic acids is 1. The second-order valence-corrected chi connectivity index (χ2v) is 7.11. The van der Waals surface area contributed by atoms with E-state index in [4.69, 9.17) is 9.63 Å². The fraction of sp³-hybridized carbons (Fsp3) is 0.526. The van der Waals surface area contributed by atoms with E-state index in [0.717, 1.165) is 23.9 Å². The molecule has 2 aromatic rings. The molecule has 3 rings (SSSR count). The van der Waals surface area contributed by atoms with Gasteiger partial charge in [0.1, 0.15) is 5.82 Å². The van der Waals surface area contributed by atoms with Crippen molar-refractivity contribution in [2.45, 2.75) is 44.9 Å². The standard InChI is InChI=1S/C19H23FN2O4/c1-12(10-18(24)25)2-5-17(23)22-8-6-13(7-9-22)19-15-4-3-14(20)11-16(15)26-21-19/h3-4,11-13H,2,5-10H2,1H3,(H,24,25). The molecule has 7 heteroatoms. The van der Waals surface area contributed by atoms with Gasteiger partial charge < -0.3 is 14.5 Å². The Morgan fingerprint density at radius 1 is 1.38 bits per heavy atom. The number of amides is 1. The number of carboxylic acid groups (broad SMARTS) is 1. The summed E-state index contributed by atoms with van der Waals surface area (Å²) in [6.07, 6.45) is 2.63. The summed E-state index contributed by atoms with van der Waals surface area (Å²) in [4.78, 5) is 24.9. The highest BCUT2D eigenvalue weighted by Crippen LogP contribution is 2.33. The van der Waals surface area contributed by atoms with Crippen LogP contribution in [0.2, 0.25) is 0 Å². The van der Waals surface area contributed by atoms with E-state index in [9.17, 15) is 14.0 Å². The SMILES string of the molecule is CC(CCC(=O)N1CCC(c2noc3cc(F)ccc23)CC1)CC(=O)O. The number of carboxylic acids is 1. The van der Waals surface area contributed by atoms with Crippen LogP contribution in [0.3, 0.4) is 0 Å². The van der Waals surface area contributed by atoms with Gasteiger partial charge >= 0.3 is 5.97 Å². The number of aromatic nitrogens is 1. The van der Waals surface area contributed by atoms with Gasteiger partial charge in [0.2, 0.25) is 5.91 Å². The number of likely N-dealkylation sites (tertiary alicyclic amines) is 1. The van der Waals surface area contributed by atoms with Crippen LogP contribution in [0.1, 0.15) is 50.6 Å². The van der Waals surface area contributed by atoms with Crippen molar-refractivity contribution in [3.8, 4) is 0 Å². The molecule has 6 nitrogen and oxygen atoms in total. The van der Waals surface area contributed by atoms with Crippen LogP contribution in [-0.4, -0.2) is 40.1 Å². The zero-order chi connectivity index (χ0) is 18.7. The number of benzene rings is 1. The van der Waals surface area contributed by atoms with Gasteiger partial charge in [-0.2, -0.15) is 0 Å². The second-order valence-electron chi connectivity index (χ2n) is 7.11. The fourth-order valence-electron chi connectivity index (χ4n) is 3.56. The molecule has 1 saturated heterocycles. The highest BCUT2D eigenvalue weighted by Gasteiger charge is 2.27. The molecule has 0 radical (unpaired) electrons. The van der Waals surface area contributed by atoms with E-state index >= 15 is 0 Å². The summed E-state index contributed by atoms with van der Waals surface area (Å²) in [5.74, 6) is -0.913. The molecule has 1 unspecified atom stereocenters. The molecule has 1 aliphatic heterocycles. The smallest absolute Gasteiger partial charge is 0.303 e.